The molecule has 0 aliphatic carbocycles. The third-order valence-corrected chi connectivity index (χ3v) is 3.80. The van der Waals surface area contributed by atoms with Crippen LogP contribution in [0.25, 0.3) is 0 Å². The Morgan fingerprint density at radius 1 is 1.39 bits per heavy atom. The van der Waals surface area contributed by atoms with E-state index < -0.39 is 0 Å². The molecule has 1 fully saturated rings. The van der Waals surface area contributed by atoms with Gasteiger partial charge in [0.2, 0.25) is 0 Å². The molecule has 1 atom stereocenters. The molecule has 100 valence electrons. The highest BCUT2D eigenvalue weighted by Gasteiger charge is 2.25. The van der Waals surface area contributed by atoms with Crippen molar-refractivity contribution in [2.24, 2.45) is 0 Å². The third kappa shape index (κ3) is 2.87. The van der Waals surface area contributed by atoms with E-state index in [1.165, 1.54) is 0 Å². The van der Waals surface area contributed by atoms with Crippen molar-refractivity contribution in [1.29, 1.82) is 0 Å². The van der Waals surface area contributed by atoms with Gasteiger partial charge in [0.1, 0.15) is 0 Å². The van der Waals surface area contributed by atoms with Crippen molar-refractivity contribution in [3.63, 3.8) is 0 Å². The van der Waals surface area contributed by atoms with Crippen molar-refractivity contribution in [1.82, 2.24) is 9.80 Å². The van der Waals surface area contributed by atoms with Gasteiger partial charge < -0.3 is 9.32 Å². The second-order valence-electron chi connectivity index (χ2n) is 4.69. The van der Waals surface area contributed by atoms with Gasteiger partial charge in [-0.2, -0.15) is 0 Å². The van der Waals surface area contributed by atoms with Crippen LogP contribution >= 0.6 is 11.6 Å². The molecule has 5 heteroatoms. The van der Waals surface area contributed by atoms with Gasteiger partial charge in [-0.1, -0.05) is 6.92 Å². The summed E-state index contributed by atoms with van der Waals surface area (Å²) in [5.41, 5.74) is 0. The average Bonchev–Trinajstić information content (AvgIpc) is 2.84. The smallest absolute Gasteiger partial charge is 0.289 e. The Morgan fingerprint density at radius 2 is 2.06 bits per heavy atom. The predicted molar refractivity (Wildman–Crippen MR) is 70.9 cm³/mol. The van der Waals surface area contributed by atoms with Gasteiger partial charge in [-0.25, -0.2) is 0 Å². The summed E-state index contributed by atoms with van der Waals surface area (Å²) in [5, 5.41) is 0.261. The lowest BCUT2D eigenvalue weighted by atomic mass is 10.2. The van der Waals surface area contributed by atoms with E-state index in [4.69, 9.17) is 16.0 Å². The lowest BCUT2D eigenvalue weighted by Gasteiger charge is -2.37. The molecule has 1 unspecified atom stereocenters. The van der Waals surface area contributed by atoms with Crippen molar-refractivity contribution < 1.29 is 9.21 Å². The van der Waals surface area contributed by atoms with E-state index in [-0.39, 0.29) is 11.1 Å². The summed E-state index contributed by atoms with van der Waals surface area (Å²) in [6.45, 7) is 7.77. The van der Waals surface area contributed by atoms with Crippen LogP contribution in [0.2, 0.25) is 5.22 Å². The zero-order chi connectivity index (χ0) is 13.1. The number of nitrogens with zero attached hydrogens (tertiary/aromatic N) is 2. The Balaban J connectivity index is 1.92. The van der Waals surface area contributed by atoms with E-state index in [2.05, 4.69) is 18.7 Å². The maximum atomic E-state index is 12.1. The lowest BCUT2D eigenvalue weighted by molar-refractivity contribution is 0.0551. The van der Waals surface area contributed by atoms with Gasteiger partial charge in [0, 0.05) is 32.2 Å². The fraction of sp³-hybridized carbons (Fsp3) is 0.615. The second kappa shape index (κ2) is 5.76. The highest BCUT2D eigenvalue weighted by molar-refractivity contribution is 6.29. The number of furan rings is 1. The first-order chi connectivity index (χ1) is 8.61. The van der Waals surface area contributed by atoms with Crippen LogP contribution in [0, 0.1) is 0 Å². The summed E-state index contributed by atoms with van der Waals surface area (Å²) in [6.07, 6.45) is 1.14. The summed E-state index contributed by atoms with van der Waals surface area (Å²) < 4.78 is 5.15. The quantitative estimate of drug-likeness (QED) is 0.847. The monoisotopic (exact) mass is 270 g/mol. The van der Waals surface area contributed by atoms with E-state index in [0.717, 1.165) is 32.6 Å². The molecular formula is C13H19ClN2O2. The molecule has 0 spiro atoms. The average molecular weight is 271 g/mol. The zero-order valence-corrected chi connectivity index (χ0v) is 11.6. The number of amides is 1. The molecule has 0 N–H and O–H groups in total. The molecule has 0 aromatic carbocycles. The summed E-state index contributed by atoms with van der Waals surface area (Å²) in [5.74, 6) is 0.266. The van der Waals surface area contributed by atoms with Gasteiger partial charge in [0.15, 0.2) is 11.0 Å². The maximum absolute atomic E-state index is 12.1. The van der Waals surface area contributed by atoms with Gasteiger partial charge in [0.25, 0.3) is 5.91 Å². The Morgan fingerprint density at radius 3 is 2.56 bits per heavy atom. The van der Waals surface area contributed by atoms with Crippen molar-refractivity contribution in [3.8, 4) is 0 Å². The SMILES string of the molecule is CCC(C)N1CCN(C(=O)c2ccc(Cl)o2)CC1. The van der Waals surface area contributed by atoms with Gasteiger partial charge >= 0.3 is 0 Å². The predicted octanol–water partition coefficient (Wildman–Crippen LogP) is 2.49. The Bertz CT molecular complexity index is 411. The van der Waals surface area contributed by atoms with E-state index in [1.54, 1.807) is 12.1 Å². The minimum atomic E-state index is -0.0642. The molecule has 1 amide bonds. The minimum absolute atomic E-state index is 0.0642. The Hall–Kier alpha value is -1.00. The molecule has 1 aliphatic rings. The van der Waals surface area contributed by atoms with Crippen molar-refractivity contribution in [2.45, 2.75) is 26.3 Å². The highest BCUT2D eigenvalue weighted by atomic mass is 35.5. The number of piperazine rings is 1. The molecule has 2 heterocycles. The molecule has 0 bridgehead atoms. The first-order valence-electron chi connectivity index (χ1n) is 6.40. The molecule has 4 nitrogen and oxygen atoms in total. The van der Waals surface area contributed by atoms with Crippen LogP contribution in [-0.2, 0) is 0 Å². The largest absolute Gasteiger partial charge is 0.440 e. The number of carbonyl (C=O) groups excluding carboxylic acids is 1. The summed E-state index contributed by atoms with van der Waals surface area (Å²) >= 11 is 5.68. The molecule has 1 aliphatic heterocycles. The number of carbonyl (C=O) groups is 1. The van der Waals surface area contributed by atoms with Crippen LogP contribution in [0.15, 0.2) is 16.5 Å². The topological polar surface area (TPSA) is 36.7 Å². The number of hydrogen-bond acceptors (Lipinski definition) is 3. The minimum Gasteiger partial charge on any atom is -0.440 e. The number of rotatable bonds is 3. The van der Waals surface area contributed by atoms with E-state index >= 15 is 0 Å². The summed E-state index contributed by atoms with van der Waals surface area (Å²) in [6, 6.07) is 3.82. The van der Waals surface area contributed by atoms with Gasteiger partial charge in [0.05, 0.1) is 0 Å². The van der Waals surface area contributed by atoms with Crippen LogP contribution in [-0.4, -0.2) is 47.9 Å². The number of halogens is 1. The molecule has 18 heavy (non-hydrogen) atoms. The van der Waals surface area contributed by atoms with Crippen molar-refractivity contribution in [3.05, 3.63) is 23.1 Å². The first-order valence-corrected chi connectivity index (χ1v) is 6.78. The number of hydrogen-bond donors (Lipinski definition) is 0. The van der Waals surface area contributed by atoms with Gasteiger partial charge in [-0.05, 0) is 37.1 Å². The lowest BCUT2D eigenvalue weighted by Crippen LogP contribution is -2.51. The Kier molecular flexibility index (Phi) is 4.30. The van der Waals surface area contributed by atoms with Crippen molar-refractivity contribution in [2.75, 3.05) is 26.2 Å². The fourth-order valence-corrected chi connectivity index (χ4v) is 2.36. The third-order valence-electron chi connectivity index (χ3n) is 3.60. The molecule has 1 aromatic heterocycles. The normalized spacial score (nSPS) is 18.9. The molecule has 0 saturated carbocycles. The van der Waals surface area contributed by atoms with E-state index in [9.17, 15) is 4.79 Å². The summed E-state index contributed by atoms with van der Waals surface area (Å²) in [7, 11) is 0. The fourth-order valence-electron chi connectivity index (χ4n) is 2.21. The van der Waals surface area contributed by atoms with E-state index in [0.29, 0.717) is 11.8 Å². The first kappa shape index (κ1) is 13.4. The molecular weight excluding hydrogens is 252 g/mol. The van der Waals surface area contributed by atoms with Crippen LogP contribution in [0.3, 0.4) is 0 Å². The Labute approximate surface area is 112 Å². The molecule has 1 aromatic rings. The molecule has 1 saturated heterocycles. The highest BCUT2D eigenvalue weighted by Crippen LogP contribution is 2.16. The zero-order valence-electron chi connectivity index (χ0n) is 10.9. The van der Waals surface area contributed by atoms with Crippen LogP contribution < -0.4 is 0 Å². The van der Waals surface area contributed by atoms with Crippen molar-refractivity contribution >= 4 is 17.5 Å². The van der Waals surface area contributed by atoms with Gasteiger partial charge in [-0.15, -0.1) is 0 Å². The summed E-state index contributed by atoms with van der Waals surface area (Å²) in [4.78, 5) is 16.4. The molecule has 2 rings (SSSR count). The standard InChI is InChI=1S/C13H19ClN2O2/c1-3-10(2)15-6-8-16(9-7-15)13(17)11-4-5-12(14)18-11/h4-5,10H,3,6-9H2,1-2H3. The van der Waals surface area contributed by atoms with Gasteiger partial charge in [-0.3, -0.25) is 9.69 Å². The van der Waals surface area contributed by atoms with Crippen LogP contribution in [0.4, 0.5) is 0 Å². The second-order valence-corrected chi connectivity index (χ2v) is 5.06. The maximum Gasteiger partial charge on any atom is 0.289 e. The van der Waals surface area contributed by atoms with E-state index in [1.807, 2.05) is 4.90 Å². The van der Waals surface area contributed by atoms with Crippen LogP contribution in [0.1, 0.15) is 30.8 Å². The molecule has 0 radical (unpaired) electrons. The van der Waals surface area contributed by atoms with Crippen LogP contribution in [0.5, 0.6) is 0 Å².